The zero-order valence-electron chi connectivity index (χ0n) is 12.4. The summed E-state index contributed by atoms with van der Waals surface area (Å²) in [6, 6.07) is 0. The Kier molecular flexibility index (Phi) is 3.51. The predicted molar refractivity (Wildman–Crippen MR) is 101 cm³/mol. The number of allylic oxidation sites excluding steroid dienone is 8. The van der Waals surface area contributed by atoms with Crippen LogP contribution in [-0.2, 0) is 0 Å². The van der Waals surface area contributed by atoms with E-state index in [9.17, 15) is 9.59 Å². The second-order valence-corrected chi connectivity index (χ2v) is 6.67. The van der Waals surface area contributed by atoms with E-state index in [1.807, 2.05) is 24.3 Å². The highest BCUT2D eigenvalue weighted by atomic mass is 32.1. The first-order chi connectivity index (χ1) is 11.5. The van der Waals surface area contributed by atoms with E-state index in [1.165, 1.54) is 0 Å². The lowest BCUT2D eigenvalue weighted by molar-refractivity contribution is 1.18. The average Bonchev–Trinajstić information content (AvgIpc) is 3.07. The quantitative estimate of drug-likeness (QED) is 0.774. The summed E-state index contributed by atoms with van der Waals surface area (Å²) in [6.07, 6.45) is 12.4. The molecule has 24 heavy (non-hydrogen) atoms. The number of thiocarbonyl (C=S) groups is 2. The molecule has 116 valence electrons. The summed E-state index contributed by atoms with van der Waals surface area (Å²) in [7, 11) is 0. The van der Waals surface area contributed by atoms with Crippen LogP contribution in [0.3, 0.4) is 0 Å². The van der Waals surface area contributed by atoms with Crippen LogP contribution in [0.2, 0.25) is 0 Å². The second kappa shape index (κ2) is 5.58. The van der Waals surface area contributed by atoms with Gasteiger partial charge in [0.15, 0.2) is 0 Å². The molecule has 0 radical (unpaired) electrons. The van der Waals surface area contributed by atoms with Crippen molar-refractivity contribution in [1.82, 2.24) is 9.97 Å². The monoisotopic (exact) mass is 350 g/mol. The number of rotatable bonds is 2. The topological polar surface area (TPSA) is 59.9 Å². The van der Waals surface area contributed by atoms with Crippen LogP contribution in [0.4, 0.5) is 0 Å². The van der Waals surface area contributed by atoms with E-state index in [4.69, 9.17) is 24.4 Å². The lowest BCUT2D eigenvalue weighted by Crippen LogP contribution is -2.08. The number of aromatic nitrogens is 2. The van der Waals surface area contributed by atoms with Crippen LogP contribution >= 0.6 is 24.4 Å². The maximum atomic E-state index is 12.4. The van der Waals surface area contributed by atoms with Gasteiger partial charge >= 0.3 is 0 Å². The molecule has 0 unspecified atom stereocenters. The van der Waals surface area contributed by atoms with E-state index in [0.717, 1.165) is 9.73 Å². The molecule has 0 fully saturated rings. The highest BCUT2D eigenvalue weighted by molar-refractivity contribution is 7.81. The summed E-state index contributed by atoms with van der Waals surface area (Å²) in [5, 5.41) is 0.530. The third-order valence-corrected chi connectivity index (χ3v) is 4.56. The molecular formula is C18H10N2O2S2. The van der Waals surface area contributed by atoms with Gasteiger partial charge in [-0.1, -0.05) is 48.7 Å². The molecule has 6 heteroatoms. The Labute approximate surface area is 147 Å². The van der Waals surface area contributed by atoms with Crippen molar-refractivity contribution in [3.8, 4) is 0 Å². The van der Waals surface area contributed by atoms with Crippen molar-refractivity contribution in [1.29, 1.82) is 0 Å². The molecule has 0 spiro atoms. The molecule has 0 amide bonds. The minimum atomic E-state index is -0.443. The van der Waals surface area contributed by atoms with Gasteiger partial charge in [-0.2, -0.15) is 0 Å². The van der Waals surface area contributed by atoms with Crippen molar-refractivity contribution >= 4 is 45.3 Å². The molecule has 0 aromatic rings. The smallest absolute Gasteiger partial charge is 0.267 e. The van der Waals surface area contributed by atoms with Crippen molar-refractivity contribution < 1.29 is 0 Å². The molecule has 0 aromatic heterocycles. The molecular weight excluding hydrogens is 340 g/mol. The number of hydrogen-bond donors (Lipinski definition) is 0. The van der Waals surface area contributed by atoms with Crippen LogP contribution in [0, 0.1) is 10.4 Å². The van der Waals surface area contributed by atoms with Crippen LogP contribution in [0.15, 0.2) is 46.0 Å². The summed E-state index contributed by atoms with van der Waals surface area (Å²) in [4.78, 5) is 34.5. The van der Waals surface area contributed by atoms with E-state index in [0.29, 0.717) is 35.4 Å². The molecule has 0 saturated heterocycles. The summed E-state index contributed by atoms with van der Waals surface area (Å²) in [5.41, 5.74) is 1.19. The largest absolute Gasteiger partial charge is 0.280 e. The van der Waals surface area contributed by atoms with Gasteiger partial charge in [0.25, 0.3) is 11.1 Å². The zero-order valence-corrected chi connectivity index (χ0v) is 14.0. The molecule has 4 nitrogen and oxygen atoms in total. The van der Waals surface area contributed by atoms with Gasteiger partial charge in [-0.25, -0.2) is 9.97 Å². The van der Waals surface area contributed by atoms with E-state index in [-0.39, 0.29) is 10.4 Å². The Balaban J connectivity index is 2.02. The van der Waals surface area contributed by atoms with Crippen molar-refractivity contribution in [2.45, 2.75) is 12.8 Å². The summed E-state index contributed by atoms with van der Waals surface area (Å²) >= 11 is 10.4. The van der Waals surface area contributed by atoms with Gasteiger partial charge in [0.2, 0.25) is 0 Å². The SMILES string of the molecule is O=c1nc(C2=CC(=S)CC=C2)c2c(=O)nc(C3=CC(=S)CC=C3)c1=2. The third kappa shape index (κ3) is 2.35. The van der Waals surface area contributed by atoms with Crippen molar-refractivity contribution in [3.63, 3.8) is 0 Å². The summed E-state index contributed by atoms with van der Waals surface area (Å²) < 4.78 is 0. The molecule has 0 bridgehead atoms. The van der Waals surface area contributed by atoms with Gasteiger partial charge in [-0.3, -0.25) is 9.59 Å². The first kappa shape index (κ1) is 15.1. The standard InChI is InChI=1S/C18H10N2O2S2/c21-17-13-14(16(20-17)10-4-2-6-12(24)8-10)18(22)19-15(13)9-3-1-5-11(23)7-9/h1-4,7-8H,5-6H2. The van der Waals surface area contributed by atoms with Gasteiger partial charge in [0.05, 0.1) is 21.8 Å². The van der Waals surface area contributed by atoms with Crippen LogP contribution in [0.1, 0.15) is 24.2 Å². The molecule has 2 heterocycles. The van der Waals surface area contributed by atoms with Crippen molar-refractivity contribution in [2.75, 3.05) is 0 Å². The third-order valence-electron chi connectivity index (χ3n) is 3.99. The van der Waals surface area contributed by atoms with Gasteiger partial charge in [-0.15, -0.1) is 0 Å². The first-order valence-corrected chi connectivity index (χ1v) is 8.20. The van der Waals surface area contributed by atoms with Gasteiger partial charge in [0.1, 0.15) is 0 Å². The molecule has 0 atom stereocenters. The fourth-order valence-electron chi connectivity index (χ4n) is 2.96. The van der Waals surface area contributed by atoms with Crippen molar-refractivity contribution in [2.24, 2.45) is 0 Å². The maximum absolute atomic E-state index is 12.4. The van der Waals surface area contributed by atoms with E-state index in [2.05, 4.69) is 9.97 Å². The Hall–Kier alpha value is -2.44. The molecule has 2 aliphatic carbocycles. The maximum Gasteiger partial charge on any atom is 0.280 e. The fraction of sp³-hybridized carbons (Fsp3) is 0.111. The predicted octanol–water partition coefficient (Wildman–Crippen LogP) is 2.22. The lowest BCUT2D eigenvalue weighted by Gasteiger charge is -2.04. The Morgan fingerprint density at radius 3 is 1.54 bits per heavy atom. The van der Waals surface area contributed by atoms with Gasteiger partial charge in [-0.05, 0) is 12.2 Å². The van der Waals surface area contributed by atoms with Crippen LogP contribution in [0.5, 0.6) is 0 Å². The lowest BCUT2D eigenvalue weighted by atomic mass is 10.0. The molecule has 4 aliphatic rings. The summed E-state index contributed by atoms with van der Waals surface area (Å²) in [5.74, 6) is 0. The highest BCUT2D eigenvalue weighted by Gasteiger charge is 2.21. The van der Waals surface area contributed by atoms with Crippen LogP contribution < -0.4 is 11.1 Å². The molecule has 4 rings (SSSR count). The fourth-order valence-corrected chi connectivity index (χ4v) is 3.40. The van der Waals surface area contributed by atoms with E-state index >= 15 is 0 Å². The normalized spacial score (nSPS) is 17.5. The van der Waals surface area contributed by atoms with Crippen LogP contribution in [0.25, 0.3) is 11.1 Å². The van der Waals surface area contributed by atoms with E-state index in [1.54, 1.807) is 12.2 Å². The Bertz CT molecular complexity index is 1080. The molecule has 0 aromatic carbocycles. The van der Waals surface area contributed by atoms with E-state index < -0.39 is 11.1 Å². The Morgan fingerprint density at radius 2 is 1.17 bits per heavy atom. The highest BCUT2D eigenvalue weighted by Crippen LogP contribution is 2.23. The molecule has 0 N–H and O–H groups in total. The Morgan fingerprint density at radius 1 is 0.750 bits per heavy atom. The zero-order chi connectivity index (χ0) is 16.8. The van der Waals surface area contributed by atoms with Crippen molar-refractivity contribution in [3.05, 3.63) is 79.0 Å². The minimum Gasteiger partial charge on any atom is -0.267 e. The summed E-state index contributed by atoms with van der Waals surface area (Å²) in [6.45, 7) is 0. The molecule has 2 aliphatic heterocycles. The van der Waals surface area contributed by atoms with Gasteiger partial charge < -0.3 is 0 Å². The van der Waals surface area contributed by atoms with Gasteiger partial charge in [0, 0.05) is 33.7 Å². The molecule has 0 saturated carbocycles. The average molecular weight is 350 g/mol. The van der Waals surface area contributed by atoms with Crippen LogP contribution in [-0.4, -0.2) is 19.7 Å². The number of nitrogens with zero attached hydrogens (tertiary/aromatic N) is 2. The minimum absolute atomic E-state index is 0.265. The number of hydrogen-bond acceptors (Lipinski definition) is 6. The second-order valence-electron chi connectivity index (χ2n) is 5.63. The first-order valence-electron chi connectivity index (χ1n) is 7.38.